The number of thiophene rings is 1. The number of Topliss-reactive ketones (excluding diaryl/α,β-unsaturated/α-hetero) is 1. The van der Waals surface area contributed by atoms with Crippen molar-refractivity contribution in [3.8, 4) is 0 Å². The molecule has 0 aliphatic rings. The van der Waals surface area contributed by atoms with Crippen LogP contribution in [-0.4, -0.2) is 17.9 Å². The van der Waals surface area contributed by atoms with Gasteiger partial charge in [-0.05, 0) is 29.0 Å². The molecule has 3 rings (SSSR count). The summed E-state index contributed by atoms with van der Waals surface area (Å²) in [5.74, 6) is -0.130. The van der Waals surface area contributed by atoms with Crippen LogP contribution >= 0.6 is 11.3 Å². The monoisotopic (exact) mass is 367 g/mol. The number of fused-ring (bicyclic) bond motifs is 1. The topological polar surface area (TPSA) is 55.4 Å². The van der Waals surface area contributed by atoms with Gasteiger partial charge in [0.1, 0.15) is 6.61 Å². The zero-order valence-corrected chi connectivity index (χ0v) is 15.6. The molecule has 1 heterocycles. The molecular weight excluding hydrogens is 346 g/mol. The molecule has 0 radical (unpaired) electrons. The van der Waals surface area contributed by atoms with Crippen LogP contribution in [0.25, 0.3) is 10.1 Å². The fourth-order valence-corrected chi connectivity index (χ4v) is 3.73. The number of carbonyl (C=O) groups is 2. The van der Waals surface area contributed by atoms with Crippen molar-refractivity contribution in [2.24, 2.45) is 5.92 Å². The molecule has 1 amide bonds. The Balaban J connectivity index is 1.68. The highest BCUT2D eigenvalue weighted by atomic mass is 32.1. The highest BCUT2D eigenvalue weighted by Gasteiger charge is 2.27. The molecule has 0 fully saturated rings. The lowest BCUT2D eigenvalue weighted by Crippen LogP contribution is -2.44. The first-order valence-electron chi connectivity index (χ1n) is 8.54. The Hall–Kier alpha value is -2.66. The first-order chi connectivity index (χ1) is 12.5. The van der Waals surface area contributed by atoms with E-state index in [0.29, 0.717) is 4.88 Å². The minimum Gasteiger partial charge on any atom is -0.445 e. The number of nitrogens with one attached hydrogen (secondary N) is 1. The van der Waals surface area contributed by atoms with Crippen molar-refractivity contribution < 1.29 is 14.3 Å². The second kappa shape index (κ2) is 8.15. The molecule has 0 unspecified atom stereocenters. The van der Waals surface area contributed by atoms with Crippen molar-refractivity contribution in [3.63, 3.8) is 0 Å². The van der Waals surface area contributed by atoms with E-state index in [1.165, 1.54) is 11.3 Å². The van der Waals surface area contributed by atoms with E-state index in [9.17, 15) is 9.59 Å². The van der Waals surface area contributed by atoms with Gasteiger partial charge in [0.05, 0.1) is 10.9 Å². The average Bonchev–Trinajstić information content (AvgIpc) is 3.09. The lowest BCUT2D eigenvalue weighted by Gasteiger charge is -2.20. The maximum atomic E-state index is 12.9. The van der Waals surface area contributed by atoms with E-state index in [4.69, 9.17) is 4.74 Å². The van der Waals surface area contributed by atoms with Crippen molar-refractivity contribution in [1.82, 2.24) is 5.32 Å². The third-order valence-electron chi connectivity index (χ3n) is 4.10. The molecule has 26 heavy (non-hydrogen) atoms. The Morgan fingerprint density at radius 2 is 1.73 bits per heavy atom. The number of carbonyl (C=O) groups excluding carboxylic acids is 2. The van der Waals surface area contributed by atoms with E-state index in [1.807, 2.05) is 74.5 Å². The number of ketones is 1. The van der Waals surface area contributed by atoms with Gasteiger partial charge < -0.3 is 10.1 Å². The Morgan fingerprint density at radius 3 is 2.42 bits per heavy atom. The molecule has 1 N–H and O–H groups in total. The van der Waals surface area contributed by atoms with Crippen molar-refractivity contribution >= 4 is 33.3 Å². The van der Waals surface area contributed by atoms with Crippen LogP contribution in [0.15, 0.2) is 60.7 Å². The molecule has 0 bridgehead atoms. The molecule has 0 spiro atoms. The normalized spacial score (nSPS) is 12.1. The maximum absolute atomic E-state index is 12.9. The summed E-state index contributed by atoms with van der Waals surface area (Å²) in [5.41, 5.74) is 0.902. The molecule has 0 aliphatic heterocycles. The number of alkyl carbamates (subject to hydrolysis) is 1. The fraction of sp³-hybridized carbons (Fsp3) is 0.238. The van der Waals surface area contributed by atoms with Gasteiger partial charge in [0.2, 0.25) is 0 Å². The first kappa shape index (κ1) is 18.1. The second-order valence-electron chi connectivity index (χ2n) is 6.44. The van der Waals surface area contributed by atoms with Gasteiger partial charge in [-0.25, -0.2) is 4.79 Å². The van der Waals surface area contributed by atoms with Crippen LogP contribution in [0.5, 0.6) is 0 Å². The third kappa shape index (κ3) is 4.29. The van der Waals surface area contributed by atoms with Crippen LogP contribution in [0.3, 0.4) is 0 Å². The van der Waals surface area contributed by atoms with Crippen LogP contribution in [0.2, 0.25) is 0 Å². The Kier molecular flexibility index (Phi) is 5.68. The standard InChI is InChI=1S/C21H21NO3S/c1-14(2)19(22-21(24)25-13-15-8-4-3-5-9-15)20(23)18-12-16-10-6-7-11-17(16)26-18/h3-12,14,19H,13H2,1-2H3,(H,22,24)/t19-/m0/s1. The number of hydrogen-bond donors (Lipinski definition) is 1. The first-order valence-corrected chi connectivity index (χ1v) is 9.36. The van der Waals surface area contributed by atoms with Gasteiger partial charge in [0.15, 0.2) is 5.78 Å². The summed E-state index contributed by atoms with van der Waals surface area (Å²) < 4.78 is 6.32. The predicted octanol–water partition coefficient (Wildman–Crippen LogP) is 5.04. The van der Waals surface area contributed by atoms with Gasteiger partial charge in [-0.3, -0.25) is 4.79 Å². The largest absolute Gasteiger partial charge is 0.445 e. The van der Waals surface area contributed by atoms with E-state index >= 15 is 0 Å². The van der Waals surface area contributed by atoms with E-state index in [-0.39, 0.29) is 18.3 Å². The minimum absolute atomic E-state index is 0.0445. The highest BCUT2D eigenvalue weighted by Crippen LogP contribution is 2.27. The molecule has 4 nitrogen and oxygen atoms in total. The molecule has 1 atom stereocenters. The summed E-state index contributed by atoms with van der Waals surface area (Å²) in [7, 11) is 0. The van der Waals surface area contributed by atoms with Crippen LogP contribution in [0, 0.1) is 5.92 Å². The summed E-state index contributed by atoms with van der Waals surface area (Å²) in [5, 5.41) is 3.76. The smallest absolute Gasteiger partial charge is 0.408 e. The highest BCUT2D eigenvalue weighted by molar-refractivity contribution is 7.20. The summed E-state index contributed by atoms with van der Waals surface area (Å²) in [6.07, 6.45) is -0.581. The molecule has 1 aromatic heterocycles. The van der Waals surface area contributed by atoms with E-state index < -0.39 is 12.1 Å². The Morgan fingerprint density at radius 1 is 1.04 bits per heavy atom. The number of hydrogen-bond acceptors (Lipinski definition) is 4. The zero-order chi connectivity index (χ0) is 18.5. The second-order valence-corrected chi connectivity index (χ2v) is 7.52. The van der Waals surface area contributed by atoms with E-state index in [1.54, 1.807) is 0 Å². The molecular formula is C21H21NO3S. The quantitative estimate of drug-likeness (QED) is 0.621. The molecule has 0 saturated heterocycles. The van der Waals surface area contributed by atoms with Gasteiger partial charge in [-0.1, -0.05) is 62.4 Å². The molecule has 134 valence electrons. The maximum Gasteiger partial charge on any atom is 0.408 e. The SMILES string of the molecule is CC(C)[C@H](NC(=O)OCc1ccccc1)C(=O)c1cc2ccccc2s1. The third-order valence-corrected chi connectivity index (χ3v) is 5.23. The number of ether oxygens (including phenoxy) is 1. The van der Waals surface area contributed by atoms with Crippen LogP contribution in [0.1, 0.15) is 29.1 Å². The van der Waals surface area contributed by atoms with Crippen molar-refractivity contribution in [1.29, 1.82) is 0 Å². The van der Waals surface area contributed by atoms with Crippen LogP contribution in [-0.2, 0) is 11.3 Å². The molecule has 0 aliphatic carbocycles. The predicted molar refractivity (Wildman–Crippen MR) is 105 cm³/mol. The van der Waals surface area contributed by atoms with Gasteiger partial charge in [-0.15, -0.1) is 11.3 Å². The van der Waals surface area contributed by atoms with Crippen molar-refractivity contribution in [2.75, 3.05) is 0 Å². The molecule has 5 heteroatoms. The fourth-order valence-electron chi connectivity index (χ4n) is 2.68. The summed E-state index contributed by atoms with van der Waals surface area (Å²) in [4.78, 5) is 25.7. The number of benzene rings is 2. The average molecular weight is 367 g/mol. The van der Waals surface area contributed by atoms with Crippen molar-refractivity contribution in [2.45, 2.75) is 26.5 Å². The summed E-state index contributed by atoms with van der Waals surface area (Å²) in [6.45, 7) is 4.00. The summed E-state index contributed by atoms with van der Waals surface area (Å²) in [6, 6.07) is 18.6. The lowest BCUT2D eigenvalue weighted by atomic mass is 9.99. The minimum atomic E-state index is -0.619. The van der Waals surface area contributed by atoms with Gasteiger partial charge in [0.25, 0.3) is 0 Å². The van der Waals surface area contributed by atoms with Crippen molar-refractivity contribution in [3.05, 3.63) is 71.1 Å². The molecule has 2 aromatic carbocycles. The van der Waals surface area contributed by atoms with Gasteiger partial charge in [0, 0.05) is 4.70 Å². The van der Waals surface area contributed by atoms with E-state index in [2.05, 4.69) is 5.32 Å². The number of amides is 1. The zero-order valence-electron chi connectivity index (χ0n) is 14.8. The Bertz CT molecular complexity index is 869. The molecule has 3 aromatic rings. The number of rotatable bonds is 6. The van der Waals surface area contributed by atoms with Gasteiger partial charge >= 0.3 is 6.09 Å². The van der Waals surface area contributed by atoms with E-state index in [0.717, 1.165) is 15.6 Å². The summed E-state index contributed by atoms with van der Waals surface area (Å²) >= 11 is 1.45. The van der Waals surface area contributed by atoms with Gasteiger partial charge in [-0.2, -0.15) is 0 Å². The Labute approximate surface area is 156 Å². The lowest BCUT2D eigenvalue weighted by molar-refractivity contribution is 0.0890. The van der Waals surface area contributed by atoms with Crippen LogP contribution in [0.4, 0.5) is 4.79 Å². The van der Waals surface area contributed by atoms with Crippen LogP contribution < -0.4 is 5.32 Å². The molecule has 0 saturated carbocycles.